The van der Waals surface area contributed by atoms with Crippen LogP contribution in [-0.4, -0.2) is 26.3 Å². The van der Waals surface area contributed by atoms with Gasteiger partial charge in [-0.15, -0.1) is 10.2 Å². The first-order valence-corrected chi connectivity index (χ1v) is 10.5. The molecule has 0 aliphatic carbocycles. The van der Waals surface area contributed by atoms with E-state index in [0.29, 0.717) is 15.7 Å². The Kier molecular flexibility index (Phi) is 5.79. The molecular weight excluding hydrogens is 402 g/mol. The number of carbonyl (C=O) groups is 1. The maximum Gasteiger partial charge on any atom is 0.196 e. The second-order valence-corrected chi connectivity index (χ2v) is 7.94. The molecule has 0 radical (unpaired) electrons. The molecule has 0 amide bonds. The first-order chi connectivity index (χ1) is 14.1. The Morgan fingerprint density at radius 1 is 0.966 bits per heavy atom. The van der Waals surface area contributed by atoms with E-state index in [9.17, 15) is 4.79 Å². The molecule has 0 aliphatic heterocycles. The molecule has 4 nitrogen and oxygen atoms in total. The van der Waals surface area contributed by atoms with Gasteiger partial charge in [0.25, 0.3) is 0 Å². The van der Waals surface area contributed by atoms with Crippen LogP contribution in [0.15, 0.2) is 84.0 Å². The summed E-state index contributed by atoms with van der Waals surface area (Å²) in [6.07, 6.45) is 0. The maximum atomic E-state index is 12.6. The SMILES string of the molecule is Cc1cccc(-c2nnc(SCC(=O)c3ccc(Cl)cc3)n2-c2ccccc2)c1. The molecule has 4 rings (SSSR count). The number of rotatable bonds is 6. The minimum Gasteiger partial charge on any atom is -0.293 e. The van der Waals surface area contributed by atoms with Crippen LogP contribution in [0.5, 0.6) is 0 Å². The standard InChI is InChI=1S/C23H18ClN3OS/c1-16-6-5-7-18(14-16)22-25-26-23(27(22)20-8-3-2-4-9-20)29-15-21(28)17-10-12-19(24)13-11-17/h2-14H,15H2,1H3. The van der Waals surface area contributed by atoms with Crippen LogP contribution in [0.2, 0.25) is 5.02 Å². The van der Waals surface area contributed by atoms with Crippen molar-refractivity contribution in [2.45, 2.75) is 12.1 Å². The largest absolute Gasteiger partial charge is 0.293 e. The molecule has 0 saturated heterocycles. The summed E-state index contributed by atoms with van der Waals surface area (Å²) in [7, 11) is 0. The number of aryl methyl sites for hydroxylation is 1. The maximum absolute atomic E-state index is 12.6. The number of benzene rings is 3. The fourth-order valence-corrected chi connectivity index (χ4v) is 3.97. The van der Waals surface area contributed by atoms with Crippen LogP contribution in [0.1, 0.15) is 15.9 Å². The van der Waals surface area contributed by atoms with Crippen molar-refractivity contribution in [2.24, 2.45) is 0 Å². The van der Waals surface area contributed by atoms with Crippen LogP contribution in [0, 0.1) is 6.92 Å². The number of ketones is 1. The van der Waals surface area contributed by atoms with Gasteiger partial charge in [-0.2, -0.15) is 0 Å². The zero-order valence-electron chi connectivity index (χ0n) is 15.7. The average Bonchev–Trinajstić information content (AvgIpc) is 3.17. The Bertz CT molecular complexity index is 1140. The van der Waals surface area contributed by atoms with E-state index in [2.05, 4.69) is 16.3 Å². The lowest BCUT2D eigenvalue weighted by molar-refractivity contribution is 0.102. The Labute approximate surface area is 178 Å². The van der Waals surface area contributed by atoms with Gasteiger partial charge in [-0.1, -0.05) is 65.3 Å². The fourth-order valence-electron chi connectivity index (χ4n) is 2.99. The van der Waals surface area contributed by atoms with Crippen molar-refractivity contribution in [3.63, 3.8) is 0 Å². The summed E-state index contributed by atoms with van der Waals surface area (Å²) in [6, 6.07) is 25.0. The number of nitrogens with zero attached hydrogens (tertiary/aromatic N) is 3. The highest BCUT2D eigenvalue weighted by Gasteiger charge is 2.17. The summed E-state index contributed by atoms with van der Waals surface area (Å²) in [5.41, 5.74) is 3.72. The number of para-hydroxylation sites is 1. The predicted octanol–water partition coefficient (Wildman–Crippen LogP) is 5.87. The van der Waals surface area contributed by atoms with Crippen molar-refractivity contribution < 1.29 is 4.79 Å². The molecule has 0 aliphatic rings. The molecule has 0 saturated carbocycles. The topological polar surface area (TPSA) is 47.8 Å². The van der Waals surface area contributed by atoms with E-state index < -0.39 is 0 Å². The van der Waals surface area contributed by atoms with Gasteiger partial charge in [0.2, 0.25) is 0 Å². The van der Waals surface area contributed by atoms with Crippen LogP contribution in [0.4, 0.5) is 0 Å². The van der Waals surface area contributed by atoms with Gasteiger partial charge in [0, 0.05) is 21.8 Å². The van der Waals surface area contributed by atoms with E-state index in [1.165, 1.54) is 11.8 Å². The fraction of sp³-hybridized carbons (Fsp3) is 0.0870. The summed E-state index contributed by atoms with van der Waals surface area (Å²) in [5, 5.41) is 10.1. The number of halogens is 1. The summed E-state index contributed by atoms with van der Waals surface area (Å²) in [5.74, 6) is 1.04. The minimum absolute atomic E-state index is 0.0198. The molecule has 144 valence electrons. The first-order valence-electron chi connectivity index (χ1n) is 9.11. The van der Waals surface area contributed by atoms with Crippen molar-refractivity contribution in [1.82, 2.24) is 14.8 Å². The highest BCUT2D eigenvalue weighted by Crippen LogP contribution is 2.28. The second-order valence-electron chi connectivity index (χ2n) is 6.57. The summed E-state index contributed by atoms with van der Waals surface area (Å²) < 4.78 is 1.99. The van der Waals surface area contributed by atoms with Gasteiger partial charge in [0.15, 0.2) is 16.8 Å². The summed E-state index contributed by atoms with van der Waals surface area (Å²) in [4.78, 5) is 12.6. The van der Waals surface area contributed by atoms with E-state index in [1.54, 1.807) is 24.3 Å². The first kappa shape index (κ1) is 19.4. The van der Waals surface area contributed by atoms with Gasteiger partial charge in [0.1, 0.15) is 0 Å². The normalized spacial score (nSPS) is 10.8. The van der Waals surface area contributed by atoms with E-state index >= 15 is 0 Å². The monoisotopic (exact) mass is 419 g/mol. The smallest absolute Gasteiger partial charge is 0.196 e. The molecule has 0 fully saturated rings. The highest BCUT2D eigenvalue weighted by atomic mass is 35.5. The van der Waals surface area contributed by atoms with Crippen molar-refractivity contribution in [1.29, 1.82) is 0 Å². The summed E-state index contributed by atoms with van der Waals surface area (Å²) in [6.45, 7) is 2.05. The molecule has 29 heavy (non-hydrogen) atoms. The van der Waals surface area contributed by atoms with Crippen LogP contribution in [-0.2, 0) is 0 Å². The Balaban J connectivity index is 1.66. The molecule has 6 heteroatoms. The molecule has 1 aromatic heterocycles. The van der Waals surface area contributed by atoms with Gasteiger partial charge in [-0.3, -0.25) is 9.36 Å². The van der Waals surface area contributed by atoms with Crippen LogP contribution in [0.3, 0.4) is 0 Å². The van der Waals surface area contributed by atoms with Gasteiger partial charge in [-0.25, -0.2) is 0 Å². The zero-order valence-corrected chi connectivity index (χ0v) is 17.3. The quantitative estimate of drug-likeness (QED) is 0.289. The molecule has 0 unspecified atom stereocenters. The molecule has 0 spiro atoms. The summed E-state index contributed by atoms with van der Waals surface area (Å²) >= 11 is 7.29. The molecule has 4 aromatic rings. The van der Waals surface area contributed by atoms with Crippen LogP contribution < -0.4 is 0 Å². The number of Topliss-reactive ketones (excluding diaryl/α,β-unsaturated/α-hetero) is 1. The van der Waals surface area contributed by atoms with Crippen LogP contribution in [0.25, 0.3) is 17.1 Å². The van der Waals surface area contributed by atoms with E-state index in [0.717, 1.165) is 22.6 Å². The number of hydrogen-bond acceptors (Lipinski definition) is 4. The Morgan fingerprint density at radius 3 is 2.45 bits per heavy atom. The van der Waals surface area contributed by atoms with Crippen molar-refractivity contribution in [3.8, 4) is 17.1 Å². The van der Waals surface area contributed by atoms with Crippen molar-refractivity contribution >= 4 is 29.1 Å². The van der Waals surface area contributed by atoms with Gasteiger partial charge < -0.3 is 0 Å². The van der Waals surface area contributed by atoms with Crippen molar-refractivity contribution in [2.75, 3.05) is 5.75 Å². The molecule has 0 N–H and O–H groups in total. The van der Waals surface area contributed by atoms with Gasteiger partial charge >= 0.3 is 0 Å². The number of aromatic nitrogens is 3. The number of hydrogen-bond donors (Lipinski definition) is 0. The molecular formula is C23H18ClN3OS. The van der Waals surface area contributed by atoms with E-state index in [4.69, 9.17) is 11.6 Å². The van der Waals surface area contributed by atoms with Crippen LogP contribution >= 0.6 is 23.4 Å². The number of carbonyl (C=O) groups excluding carboxylic acids is 1. The number of thioether (sulfide) groups is 1. The Morgan fingerprint density at radius 2 is 1.72 bits per heavy atom. The molecule has 0 atom stereocenters. The molecule has 3 aromatic carbocycles. The minimum atomic E-state index is 0.0198. The lowest BCUT2D eigenvalue weighted by Gasteiger charge is -2.10. The second kappa shape index (κ2) is 8.64. The third kappa shape index (κ3) is 4.42. The van der Waals surface area contributed by atoms with Gasteiger partial charge in [-0.05, 0) is 49.4 Å². The van der Waals surface area contributed by atoms with E-state index in [1.807, 2.05) is 60.0 Å². The van der Waals surface area contributed by atoms with Crippen molar-refractivity contribution in [3.05, 3.63) is 95.0 Å². The third-order valence-corrected chi connectivity index (χ3v) is 5.60. The zero-order chi connectivity index (χ0) is 20.2. The van der Waals surface area contributed by atoms with E-state index in [-0.39, 0.29) is 11.5 Å². The van der Waals surface area contributed by atoms with Gasteiger partial charge in [0.05, 0.1) is 5.75 Å². The molecule has 0 bridgehead atoms. The average molecular weight is 420 g/mol. The third-order valence-electron chi connectivity index (χ3n) is 4.42. The lowest BCUT2D eigenvalue weighted by atomic mass is 10.1. The molecule has 1 heterocycles. The highest BCUT2D eigenvalue weighted by molar-refractivity contribution is 7.99. The lowest BCUT2D eigenvalue weighted by Crippen LogP contribution is -2.05. The Hall–Kier alpha value is -2.89. The predicted molar refractivity (Wildman–Crippen MR) is 118 cm³/mol.